The molecule has 0 aromatic heterocycles. The number of likely N-dealkylation sites (N-methyl/N-ethyl adjacent to an activating group) is 2. The Kier molecular flexibility index (Phi) is 7.95. The van der Waals surface area contributed by atoms with E-state index >= 15 is 0 Å². The third kappa shape index (κ3) is 4.61. The van der Waals surface area contributed by atoms with E-state index in [1.807, 2.05) is 7.05 Å². The molecule has 0 aliphatic heterocycles. The molecule has 108 valence electrons. The zero-order chi connectivity index (χ0) is 13.5. The summed E-state index contributed by atoms with van der Waals surface area (Å²) in [5.41, 5.74) is 0.589. The minimum atomic E-state index is -0.0359. The van der Waals surface area contributed by atoms with Gasteiger partial charge in [0.2, 0.25) is 0 Å². The van der Waals surface area contributed by atoms with Crippen LogP contribution in [0.25, 0.3) is 0 Å². The molecule has 1 aromatic carbocycles. The maximum atomic E-state index is 12.1. The molecule has 1 aromatic rings. The molecule has 1 N–H and O–H groups in total. The van der Waals surface area contributed by atoms with Crippen LogP contribution in [0.1, 0.15) is 10.4 Å². The summed E-state index contributed by atoms with van der Waals surface area (Å²) in [4.78, 5) is 13.8. The van der Waals surface area contributed by atoms with Crippen molar-refractivity contribution < 1.29 is 14.3 Å². The van der Waals surface area contributed by atoms with Crippen molar-refractivity contribution in [1.82, 2.24) is 10.2 Å². The van der Waals surface area contributed by atoms with Gasteiger partial charge in [-0.2, -0.15) is 0 Å². The highest BCUT2D eigenvalue weighted by Gasteiger charge is 2.14. The topological polar surface area (TPSA) is 50.8 Å². The summed E-state index contributed by atoms with van der Waals surface area (Å²) in [6.45, 7) is 1.42. The highest BCUT2D eigenvalue weighted by molar-refractivity contribution is 5.94. The van der Waals surface area contributed by atoms with E-state index in [1.54, 1.807) is 44.4 Å². The summed E-state index contributed by atoms with van der Waals surface area (Å²) in [5, 5.41) is 3.01. The molecule has 0 saturated heterocycles. The van der Waals surface area contributed by atoms with E-state index in [4.69, 9.17) is 9.47 Å². The van der Waals surface area contributed by atoms with Gasteiger partial charge in [0.05, 0.1) is 14.2 Å². The van der Waals surface area contributed by atoms with E-state index in [9.17, 15) is 4.79 Å². The molecule has 19 heavy (non-hydrogen) atoms. The quantitative estimate of drug-likeness (QED) is 0.860. The van der Waals surface area contributed by atoms with Gasteiger partial charge in [0.1, 0.15) is 0 Å². The van der Waals surface area contributed by atoms with Gasteiger partial charge in [-0.1, -0.05) is 0 Å². The summed E-state index contributed by atoms with van der Waals surface area (Å²) in [5.74, 6) is 1.14. The first-order chi connectivity index (χ1) is 8.63. The van der Waals surface area contributed by atoms with Gasteiger partial charge < -0.3 is 19.7 Å². The summed E-state index contributed by atoms with van der Waals surface area (Å²) < 4.78 is 10.3. The first kappa shape index (κ1) is 17.5. The molecule has 0 heterocycles. The highest BCUT2D eigenvalue weighted by Crippen LogP contribution is 2.27. The van der Waals surface area contributed by atoms with Gasteiger partial charge in [-0.05, 0) is 25.2 Å². The molecule has 0 radical (unpaired) electrons. The molecule has 6 heteroatoms. The van der Waals surface area contributed by atoms with Crippen LogP contribution in [0.5, 0.6) is 11.5 Å². The van der Waals surface area contributed by atoms with Crippen molar-refractivity contribution in [3.05, 3.63) is 23.8 Å². The normalized spacial score (nSPS) is 9.47. The number of amides is 1. The molecule has 0 aliphatic carbocycles. The van der Waals surface area contributed by atoms with Crippen LogP contribution in [-0.4, -0.2) is 52.2 Å². The second kappa shape index (κ2) is 8.61. The number of carbonyl (C=O) groups excluding carboxylic acids is 1. The van der Waals surface area contributed by atoms with Crippen LogP contribution in [-0.2, 0) is 0 Å². The average Bonchev–Trinajstić information content (AvgIpc) is 2.42. The van der Waals surface area contributed by atoms with Gasteiger partial charge in [-0.25, -0.2) is 0 Å². The predicted octanol–water partition coefficient (Wildman–Crippen LogP) is 1.42. The zero-order valence-electron chi connectivity index (χ0n) is 11.7. The second-order valence-electron chi connectivity index (χ2n) is 3.90. The van der Waals surface area contributed by atoms with E-state index in [2.05, 4.69) is 5.32 Å². The van der Waals surface area contributed by atoms with E-state index in [-0.39, 0.29) is 18.3 Å². The maximum Gasteiger partial charge on any atom is 0.253 e. The number of nitrogens with one attached hydrogen (secondary N) is 1. The van der Waals surface area contributed by atoms with Gasteiger partial charge in [-0.15, -0.1) is 12.4 Å². The largest absolute Gasteiger partial charge is 0.493 e. The van der Waals surface area contributed by atoms with E-state index in [1.165, 1.54) is 0 Å². The summed E-state index contributed by atoms with van der Waals surface area (Å²) in [7, 11) is 6.75. The SMILES string of the molecule is CNCCN(C)C(=O)c1ccc(OC)c(OC)c1.Cl. The van der Waals surface area contributed by atoms with Gasteiger partial charge in [0.15, 0.2) is 11.5 Å². The zero-order valence-corrected chi connectivity index (χ0v) is 12.5. The Hall–Kier alpha value is -1.46. The Morgan fingerprint density at radius 3 is 2.42 bits per heavy atom. The number of benzene rings is 1. The van der Waals surface area contributed by atoms with E-state index < -0.39 is 0 Å². The Morgan fingerprint density at radius 2 is 1.89 bits per heavy atom. The lowest BCUT2D eigenvalue weighted by molar-refractivity contribution is 0.0796. The molecule has 1 rings (SSSR count). The Labute approximate surface area is 120 Å². The maximum absolute atomic E-state index is 12.1. The number of halogens is 1. The minimum absolute atomic E-state index is 0. The molecule has 0 unspecified atom stereocenters. The van der Waals surface area contributed by atoms with Crippen molar-refractivity contribution >= 4 is 18.3 Å². The van der Waals surface area contributed by atoms with Crippen molar-refractivity contribution in [2.24, 2.45) is 0 Å². The Morgan fingerprint density at radius 1 is 1.26 bits per heavy atom. The van der Waals surface area contributed by atoms with Crippen molar-refractivity contribution in [2.75, 3.05) is 41.4 Å². The average molecular weight is 289 g/mol. The van der Waals surface area contributed by atoms with Crippen LogP contribution < -0.4 is 14.8 Å². The number of hydrogen-bond donors (Lipinski definition) is 1. The molecule has 5 nitrogen and oxygen atoms in total. The van der Waals surface area contributed by atoms with Gasteiger partial charge in [0, 0.05) is 25.7 Å². The van der Waals surface area contributed by atoms with Crippen LogP contribution in [0, 0.1) is 0 Å². The fourth-order valence-corrected chi connectivity index (χ4v) is 1.57. The lowest BCUT2D eigenvalue weighted by atomic mass is 10.1. The molecular formula is C13H21ClN2O3. The number of nitrogens with zero attached hydrogens (tertiary/aromatic N) is 1. The number of carbonyl (C=O) groups is 1. The summed E-state index contributed by atoms with van der Waals surface area (Å²) in [6.07, 6.45) is 0. The van der Waals surface area contributed by atoms with E-state index in [0.717, 1.165) is 6.54 Å². The second-order valence-corrected chi connectivity index (χ2v) is 3.90. The van der Waals surface area contributed by atoms with Crippen molar-refractivity contribution in [1.29, 1.82) is 0 Å². The van der Waals surface area contributed by atoms with Crippen molar-refractivity contribution in [2.45, 2.75) is 0 Å². The number of hydrogen-bond acceptors (Lipinski definition) is 4. The third-order valence-corrected chi connectivity index (χ3v) is 2.67. The standard InChI is InChI=1S/C13H20N2O3.ClH/c1-14-7-8-15(2)13(16)10-5-6-11(17-3)12(9-10)18-4;/h5-6,9,14H,7-8H2,1-4H3;1H. The highest BCUT2D eigenvalue weighted by atomic mass is 35.5. The van der Waals surface area contributed by atoms with Crippen molar-refractivity contribution in [3.8, 4) is 11.5 Å². The summed E-state index contributed by atoms with van der Waals surface area (Å²) >= 11 is 0. The molecular weight excluding hydrogens is 268 g/mol. The molecule has 0 bridgehead atoms. The number of rotatable bonds is 6. The molecule has 0 atom stereocenters. The first-order valence-corrected chi connectivity index (χ1v) is 5.76. The minimum Gasteiger partial charge on any atom is -0.493 e. The van der Waals surface area contributed by atoms with Crippen LogP contribution >= 0.6 is 12.4 Å². The smallest absolute Gasteiger partial charge is 0.253 e. The molecule has 0 saturated carbocycles. The fourth-order valence-electron chi connectivity index (χ4n) is 1.57. The fraction of sp³-hybridized carbons (Fsp3) is 0.462. The molecule has 0 aliphatic rings. The Bertz CT molecular complexity index is 413. The Balaban J connectivity index is 0.00000324. The lowest BCUT2D eigenvalue weighted by Gasteiger charge is -2.17. The van der Waals surface area contributed by atoms with E-state index in [0.29, 0.717) is 23.6 Å². The predicted molar refractivity (Wildman–Crippen MR) is 77.7 cm³/mol. The van der Waals surface area contributed by atoms with Crippen LogP contribution in [0.2, 0.25) is 0 Å². The van der Waals surface area contributed by atoms with Gasteiger partial charge in [0.25, 0.3) is 5.91 Å². The molecule has 1 amide bonds. The van der Waals surface area contributed by atoms with Gasteiger partial charge in [-0.3, -0.25) is 4.79 Å². The van der Waals surface area contributed by atoms with Crippen LogP contribution in [0.15, 0.2) is 18.2 Å². The van der Waals surface area contributed by atoms with Crippen LogP contribution in [0.4, 0.5) is 0 Å². The van der Waals surface area contributed by atoms with Crippen molar-refractivity contribution in [3.63, 3.8) is 0 Å². The summed E-state index contributed by atoms with van der Waals surface area (Å²) in [6, 6.07) is 5.16. The molecule has 0 spiro atoms. The third-order valence-electron chi connectivity index (χ3n) is 2.67. The monoisotopic (exact) mass is 288 g/mol. The van der Waals surface area contributed by atoms with Crippen LogP contribution in [0.3, 0.4) is 0 Å². The molecule has 0 fully saturated rings. The first-order valence-electron chi connectivity index (χ1n) is 5.76. The van der Waals surface area contributed by atoms with Gasteiger partial charge >= 0.3 is 0 Å². The number of methoxy groups -OCH3 is 2. The lowest BCUT2D eigenvalue weighted by Crippen LogP contribution is -2.32. The number of ether oxygens (including phenoxy) is 2.